The zero-order valence-electron chi connectivity index (χ0n) is 7.25. The Balaban J connectivity index is 3.08. The van der Waals surface area contributed by atoms with Crippen LogP contribution >= 0.6 is 0 Å². The van der Waals surface area contributed by atoms with Crippen LogP contribution in [0.15, 0.2) is 18.3 Å². The average Bonchev–Trinajstić information content (AvgIpc) is 2.18. The van der Waals surface area contributed by atoms with E-state index in [1.54, 1.807) is 6.07 Å². The molecule has 0 radical (unpaired) electrons. The fraction of sp³-hybridized carbons (Fsp3) is 0.250. The van der Waals surface area contributed by atoms with Gasteiger partial charge in [0.25, 0.3) is 0 Å². The average molecular weight is 192 g/mol. The Morgan fingerprint density at radius 2 is 2.50 bits per heavy atom. The molecule has 0 aliphatic rings. The minimum atomic E-state index is -0.658. The summed E-state index contributed by atoms with van der Waals surface area (Å²) in [7, 11) is 0. The standard InChI is InChI=1S/C8H8N4O2/c9-4-3-7(10)6-2-1-5-11-8(6)12(13)14/h1-2,5,7H,3,10H2/t7-/m1/s1. The summed E-state index contributed by atoms with van der Waals surface area (Å²) in [5.41, 5.74) is 5.87. The SMILES string of the molecule is N#CC[C@@H](N)c1cccnc1[N+](=O)[O-]. The lowest BCUT2D eigenvalue weighted by Crippen LogP contribution is -2.12. The topological polar surface area (TPSA) is 106 Å². The van der Waals surface area contributed by atoms with Gasteiger partial charge >= 0.3 is 5.82 Å². The van der Waals surface area contributed by atoms with Crippen LogP contribution in [0.1, 0.15) is 18.0 Å². The van der Waals surface area contributed by atoms with Crippen molar-refractivity contribution >= 4 is 5.82 Å². The third kappa shape index (κ3) is 2.02. The molecule has 0 unspecified atom stereocenters. The number of aromatic nitrogens is 1. The van der Waals surface area contributed by atoms with Gasteiger partial charge in [0.05, 0.1) is 24.1 Å². The van der Waals surface area contributed by atoms with Gasteiger partial charge in [-0.1, -0.05) is 0 Å². The number of pyridine rings is 1. The molecule has 0 amide bonds. The molecule has 0 saturated heterocycles. The molecule has 0 spiro atoms. The smallest absolute Gasteiger partial charge is 0.358 e. The molecule has 1 atom stereocenters. The lowest BCUT2D eigenvalue weighted by Gasteiger charge is -2.06. The first kappa shape index (κ1) is 10.1. The second kappa shape index (κ2) is 4.30. The van der Waals surface area contributed by atoms with E-state index in [0.717, 1.165) is 0 Å². The monoisotopic (exact) mass is 192 g/mol. The van der Waals surface area contributed by atoms with Crippen molar-refractivity contribution in [2.45, 2.75) is 12.5 Å². The van der Waals surface area contributed by atoms with Gasteiger partial charge in [0.1, 0.15) is 6.20 Å². The number of hydrogen-bond donors (Lipinski definition) is 1. The molecule has 0 aliphatic carbocycles. The molecule has 0 fully saturated rings. The summed E-state index contributed by atoms with van der Waals surface area (Å²) in [5.74, 6) is -0.282. The summed E-state index contributed by atoms with van der Waals surface area (Å²) in [4.78, 5) is 13.5. The first-order valence-electron chi connectivity index (χ1n) is 3.88. The van der Waals surface area contributed by atoms with Crippen LogP contribution in [0, 0.1) is 21.4 Å². The highest BCUT2D eigenvalue weighted by Gasteiger charge is 2.19. The van der Waals surface area contributed by atoms with Gasteiger partial charge in [0.2, 0.25) is 0 Å². The number of nitrogens with zero attached hydrogens (tertiary/aromatic N) is 3. The van der Waals surface area contributed by atoms with Crippen LogP contribution in [0.4, 0.5) is 5.82 Å². The summed E-state index contributed by atoms with van der Waals surface area (Å²) in [6.45, 7) is 0. The van der Waals surface area contributed by atoms with Gasteiger partial charge in [-0.05, 0) is 22.0 Å². The Morgan fingerprint density at radius 3 is 3.07 bits per heavy atom. The van der Waals surface area contributed by atoms with E-state index in [1.165, 1.54) is 12.3 Å². The highest BCUT2D eigenvalue weighted by atomic mass is 16.6. The highest BCUT2D eigenvalue weighted by molar-refractivity contribution is 5.34. The third-order valence-corrected chi connectivity index (χ3v) is 1.70. The van der Waals surface area contributed by atoms with Gasteiger partial charge in [0, 0.05) is 0 Å². The van der Waals surface area contributed by atoms with Gasteiger partial charge in [-0.25, -0.2) is 0 Å². The number of nitro groups is 1. The Morgan fingerprint density at radius 1 is 1.79 bits per heavy atom. The van der Waals surface area contributed by atoms with Crippen molar-refractivity contribution in [3.8, 4) is 6.07 Å². The second-order valence-corrected chi connectivity index (χ2v) is 2.64. The highest BCUT2D eigenvalue weighted by Crippen LogP contribution is 2.22. The lowest BCUT2D eigenvalue weighted by molar-refractivity contribution is -0.390. The zero-order valence-corrected chi connectivity index (χ0v) is 7.25. The van der Waals surface area contributed by atoms with Gasteiger partial charge in [-0.3, -0.25) is 0 Å². The molecule has 1 aromatic heterocycles. The van der Waals surface area contributed by atoms with E-state index in [4.69, 9.17) is 11.0 Å². The molecule has 6 nitrogen and oxygen atoms in total. The normalized spacial score (nSPS) is 11.7. The summed E-state index contributed by atoms with van der Waals surface area (Å²) in [6, 6.07) is 4.26. The summed E-state index contributed by atoms with van der Waals surface area (Å²) in [5, 5.41) is 18.9. The van der Waals surface area contributed by atoms with Crippen molar-refractivity contribution in [1.82, 2.24) is 4.98 Å². The molecular weight excluding hydrogens is 184 g/mol. The minimum Gasteiger partial charge on any atom is -0.358 e. The van der Waals surface area contributed by atoms with E-state index >= 15 is 0 Å². The minimum absolute atomic E-state index is 0.0343. The van der Waals surface area contributed by atoms with E-state index in [-0.39, 0.29) is 12.2 Å². The number of rotatable bonds is 3. The van der Waals surface area contributed by atoms with Crippen molar-refractivity contribution in [3.05, 3.63) is 34.0 Å². The molecular formula is C8H8N4O2. The Kier molecular flexibility index (Phi) is 3.09. The third-order valence-electron chi connectivity index (χ3n) is 1.70. The van der Waals surface area contributed by atoms with Crippen molar-refractivity contribution in [2.75, 3.05) is 0 Å². The van der Waals surface area contributed by atoms with Crippen LogP contribution in [0.5, 0.6) is 0 Å². The number of nitriles is 1. The molecule has 1 aromatic rings. The molecule has 1 rings (SSSR count). The van der Waals surface area contributed by atoms with Crippen LogP contribution in [0.3, 0.4) is 0 Å². The predicted molar refractivity (Wildman–Crippen MR) is 48.0 cm³/mol. The Hall–Kier alpha value is -2.00. The molecule has 0 aliphatic heterocycles. The van der Waals surface area contributed by atoms with Gasteiger partial charge < -0.3 is 15.8 Å². The first-order valence-corrected chi connectivity index (χ1v) is 3.88. The summed E-state index contributed by atoms with van der Waals surface area (Å²) < 4.78 is 0. The summed E-state index contributed by atoms with van der Waals surface area (Å²) >= 11 is 0. The Bertz CT molecular complexity index is 385. The quantitative estimate of drug-likeness (QED) is 0.565. The van der Waals surface area contributed by atoms with Crippen LogP contribution in [-0.2, 0) is 0 Å². The Labute approximate surface area is 80.1 Å². The largest absolute Gasteiger partial charge is 0.368 e. The fourth-order valence-corrected chi connectivity index (χ4v) is 1.06. The van der Waals surface area contributed by atoms with E-state index in [0.29, 0.717) is 5.56 Å². The van der Waals surface area contributed by atoms with Crippen LogP contribution in [0.25, 0.3) is 0 Å². The second-order valence-electron chi connectivity index (χ2n) is 2.64. The van der Waals surface area contributed by atoms with Crippen molar-refractivity contribution < 1.29 is 4.92 Å². The van der Waals surface area contributed by atoms with Crippen LogP contribution in [0.2, 0.25) is 0 Å². The van der Waals surface area contributed by atoms with Crippen LogP contribution < -0.4 is 5.73 Å². The van der Waals surface area contributed by atoms with Crippen LogP contribution in [-0.4, -0.2) is 9.91 Å². The molecule has 0 bridgehead atoms. The molecule has 0 saturated carbocycles. The summed E-state index contributed by atoms with van der Waals surface area (Å²) in [6.07, 6.45) is 1.35. The first-order chi connectivity index (χ1) is 6.66. The zero-order chi connectivity index (χ0) is 10.6. The number of nitrogens with two attached hydrogens (primary N) is 1. The molecule has 72 valence electrons. The number of hydrogen-bond acceptors (Lipinski definition) is 5. The molecule has 14 heavy (non-hydrogen) atoms. The van der Waals surface area contributed by atoms with E-state index < -0.39 is 11.0 Å². The van der Waals surface area contributed by atoms with Gasteiger partial charge in [0.15, 0.2) is 0 Å². The predicted octanol–water partition coefficient (Wildman–Crippen LogP) is 0.903. The maximum Gasteiger partial charge on any atom is 0.368 e. The molecule has 2 N–H and O–H groups in total. The van der Waals surface area contributed by atoms with E-state index in [2.05, 4.69) is 4.98 Å². The van der Waals surface area contributed by atoms with Crippen molar-refractivity contribution in [2.24, 2.45) is 5.73 Å². The molecule has 0 aromatic carbocycles. The van der Waals surface area contributed by atoms with Crippen molar-refractivity contribution in [1.29, 1.82) is 5.26 Å². The van der Waals surface area contributed by atoms with Crippen molar-refractivity contribution in [3.63, 3.8) is 0 Å². The van der Waals surface area contributed by atoms with E-state index in [1.807, 2.05) is 6.07 Å². The van der Waals surface area contributed by atoms with Gasteiger partial charge in [-0.2, -0.15) is 5.26 Å². The van der Waals surface area contributed by atoms with Gasteiger partial charge in [-0.15, -0.1) is 0 Å². The lowest BCUT2D eigenvalue weighted by atomic mass is 10.1. The van der Waals surface area contributed by atoms with E-state index in [9.17, 15) is 10.1 Å². The molecule has 6 heteroatoms. The maximum absolute atomic E-state index is 10.5. The molecule has 1 heterocycles. The maximum atomic E-state index is 10.5. The fourth-order valence-electron chi connectivity index (χ4n) is 1.06.